The number of likely N-dealkylation sites (tertiary alicyclic amines) is 1. The Hall–Kier alpha value is -1.62. The van der Waals surface area contributed by atoms with Crippen molar-refractivity contribution in [2.45, 2.75) is 25.8 Å². The SMILES string of the molecule is CC(CNC(=O)c1ccnc(N)c1)N1CCCC1. The van der Waals surface area contributed by atoms with Crippen LogP contribution in [0.15, 0.2) is 18.3 Å². The second-order valence-corrected chi connectivity index (χ2v) is 4.77. The van der Waals surface area contributed by atoms with Crippen molar-refractivity contribution in [3.63, 3.8) is 0 Å². The molecule has 1 unspecified atom stereocenters. The van der Waals surface area contributed by atoms with Crippen molar-refractivity contribution in [2.75, 3.05) is 25.4 Å². The van der Waals surface area contributed by atoms with Crippen LogP contribution in [0.3, 0.4) is 0 Å². The summed E-state index contributed by atoms with van der Waals surface area (Å²) in [5.74, 6) is 0.283. The van der Waals surface area contributed by atoms with Gasteiger partial charge in [-0.1, -0.05) is 0 Å². The number of hydrogen-bond donors (Lipinski definition) is 2. The molecule has 1 aromatic rings. The number of anilines is 1. The molecule has 18 heavy (non-hydrogen) atoms. The Morgan fingerprint density at radius 2 is 2.28 bits per heavy atom. The zero-order chi connectivity index (χ0) is 13.0. The molecule has 5 heteroatoms. The van der Waals surface area contributed by atoms with Crippen molar-refractivity contribution < 1.29 is 4.79 Å². The molecular weight excluding hydrogens is 228 g/mol. The molecule has 1 fully saturated rings. The molecule has 1 aliphatic rings. The monoisotopic (exact) mass is 248 g/mol. The lowest BCUT2D eigenvalue weighted by molar-refractivity contribution is 0.0940. The van der Waals surface area contributed by atoms with Gasteiger partial charge in [-0.25, -0.2) is 4.98 Å². The van der Waals surface area contributed by atoms with Crippen molar-refractivity contribution in [3.05, 3.63) is 23.9 Å². The van der Waals surface area contributed by atoms with Crippen molar-refractivity contribution in [3.8, 4) is 0 Å². The zero-order valence-corrected chi connectivity index (χ0v) is 10.7. The molecule has 1 aliphatic heterocycles. The fourth-order valence-corrected chi connectivity index (χ4v) is 2.24. The second kappa shape index (κ2) is 5.82. The lowest BCUT2D eigenvalue weighted by Gasteiger charge is -2.23. The Morgan fingerprint density at radius 1 is 1.56 bits per heavy atom. The fraction of sp³-hybridized carbons (Fsp3) is 0.538. The highest BCUT2D eigenvalue weighted by Crippen LogP contribution is 2.11. The summed E-state index contributed by atoms with van der Waals surface area (Å²) in [5.41, 5.74) is 6.12. The molecule has 0 bridgehead atoms. The number of nitrogens with zero attached hydrogens (tertiary/aromatic N) is 2. The third kappa shape index (κ3) is 3.20. The van der Waals surface area contributed by atoms with Crippen LogP contribution in [-0.4, -0.2) is 41.5 Å². The van der Waals surface area contributed by atoms with Gasteiger partial charge in [-0.05, 0) is 45.0 Å². The first-order chi connectivity index (χ1) is 8.66. The number of hydrogen-bond acceptors (Lipinski definition) is 4. The topological polar surface area (TPSA) is 71.2 Å². The van der Waals surface area contributed by atoms with E-state index in [0.717, 1.165) is 13.1 Å². The van der Waals surface area contributed by atoms with Gasteiger partial charge >= 0.3 is 0 Å². The molecule has 1 saturated heterocycles. The lowest BCUT2D eigenvalue weighted by atomic mass is 10.2. The number of nitrogens with two attached hydrogens (primary N) is 1. The van der Waals surface area contributed by atoms with Gasteiger partial charge in [-0.3, -0.25) is 9.69 Å². The van der Waals surface area contributed by atoms with Gasteiger partial charge in [-0.15, -0.1) is 0 Å². The minimum atomic E-state index is -0.0878. The van der Waals surface area contributed by atoms with Crippen molar-refractivity contribution in [1.82, 2.24) is 15.2 Å². The third-order valence-corrected chi connectivity index (χ3v) is 3.37. The Bertz CT molecular complexity index is 415. The average molecular weight is 248 g/mol. The number of carbonyl (C=O) groups excluding carboxylic acids is 1. The number of pyridine rings is 1. The number of nitrogen functional groups attached to an aromatic ring is 1. The van der Waals surface area contributed by atoms with Crippen molar-refractivity contribution >= 4 is 11.7 Å². The second-order valence-electron chi connectivity index (χ2n) is 4.77. The van der Waals surface area contributed by atoms with E-state index in [0.29, 0.717) is 24.0 Å². The number of amides is 1. The smallest absolute Gasteiger partial charge is 0.251 e. The molecule has 3 N–H and O–H groups in total. The molecule has 1 amide bonds. The van der Waals surface area contributed by atoms with Crippen LogP contribution in [0.1, 0.15) is 30.1 Å². The van der Waals surface area contributed by atoms with Crippen molar-refractivity contribution in [2.24, 2.45) is 0 Å². The summed E-state index contributed by atoms with van der Waals surface area (Å²) in [6, 6.07) is 3.65. The van der Waals surface area contributed by atoms with Gasteiger partial charge in [0.15, 0.2) is 0 Å². The minimum absolute atomic E-state index is 0.0878. The van der Waals surface area contributed by atoms with Crippen LogP contribution in [-0.2, 0) is 0 Å². The molecule has 0 saturated carbocycles. The van der Waals surface area contributed by atoms with Gasteiger partial charge in [0, 0.05) is 24.3 Å². The molecule has 0 radical (unpaired) electrons. The molecule has 98 valence electrons. The Balaban J connectivity index is 1.84. The van der Waals surface area contributed by atoms with Crippen molar-refractivity contribution in [1.29, 1.82) is 0 Å². The summed E-state index contributed by atoms with van der Waals surface area (Å²) >= 11 is 0. The Labute approximate surface area is 107 Å². The fourth-order valence-electron chi connectivity index (χ4n) is 2.24. The summed E-state index contributed by atoms with van der Waals surface area (Å²) in [5, 5.41) is 2.94. The standard InChI is InChI=1S/C13H20N4O/c1-10(17-6-2-3-7-17)9-16-13(18)11-4-5-15-12(14)8-11/h4-5,8,10H,2-3,6-7,9H2,1H3,(H2,14,15)(H,16,18). The highest BCUT2D eigenvalue weighted by atomic mass is 16.1. The van der Waals surface area contributed by atoms with E-state index in [2.05, 4.69) is 22.1 Å². The molecule has 0 aromatic carbocycles. The molecular formula is C13H20N4O. The maximum atomic E-state index is 11.9. The predicted molar refractivity (Wildman–Crippen MR) is 71.3 cm³/mol. The Morgan fingerprint density at radius 3 is 2.94 bits per heavy atom. The van der Waals surface area contributed by atoms with E-state index in [-0.39, 0.29) is 5.91 Å². The normalized spacial score (nSPS) is 17.6. The molecule has 2 heterocycles. The van der Waals surface area contributed by atoms with Crippen LogP contribution in [0.25, 0.3) is 0 Å². The van der Waals surface area contributed by atoms with Gasteiger partial charge in [-0.2, -0.15) is 0 Å². The van der Waals surface area contributed by atoms with E-state index in [9.17, 15) is 4.79 Å². The first-order valence-electron chi connectivity index (χ1n) is 6.40. The van der Waals surface area contributed by atoms with Crippen LogP contribution < -0.4 is 11.1 Å². The molecule has 1 aromatic heterocycles. The molecule has 0 spiro atoms. The zero-order valence-electron chi connectivity index (χ0n) is 10.7. The highest BCUT2D eigenvalue weighted by Gasteiger charge is 2.18. The summed E-state index contributed by atoms with van der Waals surface area (Å²) in [6.07, 6.45) is 4.08. The van der Waals surface area contributed by atoms with E-state index in [1.807, 2.05) is 0 Å². The summed E-state index contributed by atoms with van der Waals surface area (Å²) in [7, 11) is 0. The highest BCUT2D eigenvalue weighted by molar-refractivity contribution is 5.94. The largest absolute Gasteiger partial charge is 0.384 e. The van der Waals surface area contributed by atoms with E-state index in [1.165, 1.54) is 12.8 Å². The number of aromatic nitrogens is 1. The lowest BCUT2D eigenvalue weighted by Crippen LogP contribution is -2.40. The minimum Gasteiger partial charge on any atom is -0.384 e. The van der Waals surface area contributed by atoms with E-state index >= 15 is 0 Å². The molecule has 1 atom stereocenters. The summed E-state index contributed by atoms with van der Waals surface area (Å²) in [4.78, 5) is 18.2. The van der Waals surface area contributed by atoms with Crippen LogP contribution >= 0.6 is 0 Å². The first-order valence-corrected chi connectivity index (χ1v) is 6.40. The maximum Gasteiger partial charge on any atom is 0.251 e. The Kier molecular flexibility index (Phi) is 4.15. The molecule has 5 nitrogen and oxygen atoms in total. The number of carbonyl (C=O) groups is 1. The molecule has 0 aliphatic carbocycles. The first kappa shape index (κ1) is 12.8. The maximum absolute atomic E-state index is 11.9. The van der Waals surface area contributed by atoms with E-state index in [1.54, 1.807) is 18.3 Å². The van der Waals surface area contributed by atoms with E-state index < -0.39 is 0 Å². The predicted octanol–water partition coefficient (Wildman–Crippen LogP) is 0.878. The van der Waals surface area contributed by atoms with Gasteiger partial charge in [0.1, 0.15) is 5.82 Å². The van der Waals surface area contributed by atoms with Gasteiger partial charge < -0.3 is 11.1 Å². The van der Waals surface area contributed by atoms with Crippen LogP contribution in [0.4, 0.5) is 5.82 Å². The average Bonchev–Trinajstić information content (AvgIpc) is 2.89. The van der Waals surface area contributed by atoms with Crippen LogP contribution in [0, 0.1) is 0 Å². The van der Waals surface area contributed by atoms with Gasteiger partial charge in [0.2, 0.25) is 0 Å². The number of rotatable bonds is 4. The molecule has 2 rings (SSSR count). The third-order valence-electron chi connectivity index (χ3n) is 3.37. The summed E-state index contributed by atoms with van der Waals surface area (Å²) < 4.78 is 0. The van der Waals surface area contributed by atoms with E-state index in [4.69, 9.17) is 5.73 Å². The van der Waals surface area contributed by atoms with Crippen LogP contribution in [0.5, 0.6) is 0 Å². The number of nitrogens with one attached hydrogen (secondary N) is 1. The van der Waals surface area contributed by atoms with Gasteiger partial charge in [0.05, 0.1) is 0 Å². The summed E-state index contributed by atoms with van der Waals surface area (Å²) in [6.45, 7) is 5.09. The van der Waals surface area contributed by atoms with Crippen LogP contribution in [0.2, 0.25) is 0 Å². The van der Waals surface area contributed by atoms with Gasteiger partial charge in [0.25, 0.3) is 5.91 Å². The quantitative estimate of drug-likeness (QED) is 0.829.